The molecule has 0 aliphatic rings. The third-order valence-electron chi connectivity index (χ3n) is 3.94. The number of benzene rings is 1. The Kier molecular flexibility index (Phi) is 4.28. The van der Waals surface area contributed by atoms with Crippen LogP contribution in [0.4, 0.5) is 9.18 Å². The van der Waals surface area contributed by atoms with Crippen LogP contribution >= 0.6 is 11.3 Å². The van der Waals surface area contributed by atoms with Crippen LogP contribution in [0.25, 0.3) is 21.7 Å². The average Bonchev–Trinajstić information content (AvgIpc) is 3.26. The molecule has 4 aromatic rings. The number of fused-ring (bicyclic) bond motifs is 1. The van der Waals surface area contributed by atoms with Gasteiger partial charge in [-0.25, -0.2) is 29.6 Å². The van der Waals surface area contributed by atoms with Gasteiger partial charge in [0, 0.05) is 23.2 Å². The van der Waals surface area contributed by atoms with E-state index in [0.29, 0.717) is 27.4 Å². The fourth-order valence-corrected chi connectivity index (χ4v) is 3.25. The number of carbonyl (C=O) groups is 1. The number of carbonyl (C=O) groups excluding carboxylic acids is 1. The highest BCUT2D eigenvalue weighted by molar-refractivity contribution is 7.12. The molecule has 0 aliphatic heterocycles. The number of rotatable bonds is 3. The van der Waals surface area contributed by atoms with Gasteiger partial charge in [0.15, 0.2) is 16.6 Å². The van der Waals surface area contributed by atoms with Gasteiger partial charge < -0.3 is 4.74 Å². The number of hydrogen-bond donors (Lipinski definition) is 1. The molecular weight excluding hydrogens is 369 g/mol. The van der Waals surface area contributed by atoms with Gasteiger partial charge in [-0.3, -0.25) is 4.68 Å². The normalized spacial score (nSPS) is 10.9. The first kappa shape index (κ1) is 17.1. The zero-order valence-corrected chi connectivity index (χ0v) is 15.2. The molecule has 4 rings (SSSR count). The highest BCUT2D eigenvalue weighted by Crippen LogP contribution is 2.23. The van der Waals surface area contributed by atoms with E-state index in [4.69, 9.17) is 4.74 Å². The lowest BCUT2D eigenvalue weighted by Gasteiger charge is -2.10. The molecule has 0 bridgehead atoms. The Bertz CT molecular complexity index is 1140. The molecule has 0 atom stereocenters. The maximum Gasteiger partial charge on any atom is 0.432 e. The van der Waals surface area contributed by atoms with Crippen molar-refractivity contribution in [3.8, 4) is 16.6 Å². The molecule has 136 valence electrons. The predicted molar refractivity (Wildman–Crippen MR) is 99.9 cm³/mol. The molecule has 0 saturated heterocycles. The summed E-state index contributed by atoms with van der Waals surface area (Å²) in [6, 6.07) is 4.35. The van der Waals surface area contributed by atoms with Gasteiger partial charge in [-0.15, -0.1) is 11.3 Å². The molecule has 0 unspecified atom stereocenters. The van der Waals surface area contributed by atoms with Crippen LogP contribution in [0.2, 0.25) is 0 Å². The maximum absolute atomic E-state index is 13.4. The van der Waals surface area contributed by atoms with Crippen molar-refractivity contribution >= 4 is 28.3 Å². The van der Waals surface area contributed by atoms with Crippen molar-refractivity contribution in [2.45, 2.75) is 13.8 Å². The molecule has 3 aromatic heterocycles. The fraction of sp³-hybridized carbons (Fsp3) is 0.111. The Morgan fingerprint density at radius 3 is 2.89 bits per heavy atom. The molecule has 0 saturated carbocycles. The monoisotopic (exact) mass is 383 g/mol. The molecule has 0 aliphatic carbocycles. The number of ether oxygens (including phenoxy) is 1. The van der Waals surface area contributed by atoms with E-state index in [0.717, 1.165) is 5.56 Å². The number of amides is 1. The lowest BCUT2D eigenvalue weighted by molar-refractivity contribution is 0.211. The highest BCUT2D eigenvalue weighted by Gasteiger charge is 2.14. The van der Waals surface area contributed by atoms with Crippen LogP contribution in [-0.4, -0.2) is 25.7 Å². The minimum absolute atomic E-state index is 0.243. The first-order valence-electron chi connectivity index (χ1n) is 8.01. The van der Waals surface area contributed by atoms with Crippen LogP contribution in [0, 0.1) is 19.7 Å². The standard InChI is InChI=1S/C18H14FN5O2S/c1-10-9-24(14-4-3-12(19)7-13(10)14)23-18(25)26-15-8-21-16(22-11(15)2)17-20-5-6-27-17/h3-9H,1-2H3,(H,23,25). The SMILES string of the molecule is Cc1nc(-c2nccs2)ncc1OC(=O)Nn1cc(C)c2cc(F)ccc21. The van der Waals surface area contributed by atoms with Gasteiger partial charge in [-0.2, -0.15) is 0 Å². The summed E-state index contributed by atoms with van der Waals surface area (Å²) in [6.07, 6.45) is 4.10. The topological polar surface area (TPSA) is 81.9 Å². The molecule has 1 N–H and O–H groups in total. The zero-order valence-electron chi connectivity index (χ0n) is 14.4. The van der Waals surface area contributed by atoms with E-state index in [1.165, 1.54) is 34.3 Å². The van der Waals surface area contributed by atoms with E-state index in [1.807, 2.05) is 12.3 Å². The number of thiazole rings is 1. The minimum atomic E-state index is -0.704. The maximum atomic E-state index is 13.4. The second kappa shape index (κ2) is 6.76. The van der Waals surface area contributed by atoms with Crippen LogP contribution in [0.15, 0.2) is 42.2 Å². The molecule has 7 nitrogen and oxygen atoms in total. The van der Waals surface area contributed by atoms with Crippen molar-refractivity contribution in [2.24, 2.45) is 0 Å². The summed E-state index contributed by atoms with van der Waals surface area (Å²) >= 11 is 1.42. The predicted octanol–water partition coefficient (Wildman–Crippen LogP) is 4.05. The molecule has 0 spiro atoms. The summed E-state index contributed by atoms with van der Waals surface area (Å²) in [7, 11) is 0. The molecule has 9 heteroatoms. The number of halogens is 1. The third kappa shape index (κ3) is 3.36. The Morgan fingerprint density at radius 1 is 1.30 bits per heavy atom. The van der Waals surface area contributed by atoms with Gasteiger partial charge >= 0.3 is 6.09 Å². The van der Waals surface area contributed by atoms with Crippen molar-refractivity contribution < 1.29 is 13.9 Å². The van der Waals surface area contributed by atoms with Crippen LogP contribution in [0.1, 0.15) is 11.3 Å². The smallest absolute Gasteiger partial charge is 0.406 e. The van der Waals surface area contributed by atoms with Crippen molar-refractivity contribution in [1.82, 2.24) is 19.6 Å². The average molecular weight is 383 g/mol. The summed E-state index contributed by atoms with van der Waals surface area (Å²) in [5.74, 6) is 0.385. The molecule has 1 amide bonds. The largest absolute Gasteiger partial charge is 0.432 e. The van der Waals surface area contributed by atoms with Crippen molar-refractivity contribution in [3.63, 3.8) is 0 Å². The number of nitrogens with zero attached hydrogens (tertiary/aromatic N) is 4. The van der Waals surface area contributed by atoms with E-state index in [-0.39, 0.29) is 11.6 Å². The quantitative estimate of drug-likeness (QED) is 0.577. The van der Waals surface area contributed by atoms with Gasteiger partial charge in [-0.05, 0) is 37.6 Å². The second-order valence-corrected chi connectivity index (χ2v) is 6.72. The van der Waals surface area contributed by atoms with Crippen molar-refractivity contribution in [2.75, 3.05) is 5.43 Å². The van der Waals surface area contributed by atoms with Gasteiger partial charge in [0.25, 0.3) is 0 Å². The van der Waals surface area contributed by atoms with E-state index in [9.17, 15) is 9.18 Å². The highest BCUT2D eigenvalue weighted by atomic mass is 32.1. The number of aryl methyl sites for hydroxylation is 2. The molecule has 0 fully saturated rings. The van der Waals surface area contributed by atoms with Crippen LogP contribution in [-0.2, 0) is 0 Å². The van der Waals surface area contributed by atoms with Gasteiger partial charge in [0.05, 0.1) is 17.4 Å². The number of hydrogen-bond acceptors (Lipinski definition) is 6. The summed E-state index contributed by atoms with van der Waals surface area (Å²) < 4.78 is 20.2. The van der Waals surface area contributed by atoms with Gasteiger partial charge in [0.2, 0.25) is 0 Å². The van der Waals surface area contributed by atoms with Crippen LogP contribution in [0.5, 0.6) is 5.75 Å². The summed E-state index contributed by atoms with van der Waals surface area (Å²) in [5.41, 5.74) is 4.62. The first-order chi connectivity index (χ1) is 13.0. The molecular formula is C18H14FN5O2S. The first-order valence-corrected chi connectivity index (χ1v) is 8.89. The van der Waals surface area contributed by atoms with E-state index in [1.54, 1.807) is 25.4 Å². The third-order valence-corrected chi connectivity index (χ3v) is 4.71. The van der Waals surface area contributed by atoms with E-state index >= 15 is 0 Å². The molecule has 1 aromatic carbocycles. The summed E-state index contributed by atoms with van der Waals surface area (Å²) in [5, 5.41) is 3.24. The Morgan fingerprint density at radius 2 is 2.15 bits per heavy atom. The zero-order chi connectivity index (χ0) is 19.0. The summed E-state index contributed by atoms with van der Waals surface area (Å²) in [6.45, 7) is 3.56. The number of nitrogens with one attached hydrogen (secondary N) is 1. The number of aromatic nitrogens is 4. The molecule has 3 heterocycles. The van der Waals surface area contributed by atoms with E-state index in [2.05, 4.69) is 20.4 Å². The molecule has 0 radical (unpaired) electrons. The fourth-order valence-electron chi connectivity index (χ4n) is 2.67. The van der Waals surface area contributed by atoms with Crippen molar-refractivity contribution in [1.29, 1.82) is 0 Å². The Balaban J connectivity index is 1.53. The van der Waals surface area contributed by atoms with Crippen molar-refractivity contribution in [3.05, 3.63) is 59.2 Å². The lowest BCUT2D eigenvalue weighted by atomic mass is 10.2. The van der Waals surface area contributed by atoms with Gasteiger partial charge in [-0.1, -0.05) is 0 Å². The summed E-state index contributed by atoms with van der Waals surface area (Å²) in [4.78, 5) is 24.9. The van der Waals surface area contributed by atoms with Gasteiger partial charge in [0.1, 0.15) is 5.82 Å². The Labute approximate surface area is 157 Å². The van der Waals surface area contributed by atoms with Crippen LogP contribution < -0.4 is 10.2 Å². The minimum Gasteiger partial charge on any atom is -0.406 e. The van der Waals surface area contributed by atoms with E-state index < -0.39 is 6.09 Å². The lowest BCUT2D eigenvalue weighted by Crippen LogP contribution is -2.25. The molecule has 27 heavy (non-hydrogen) atoms. The van der Waals surface area contributed by atoms with Crippen LogP contribution in [0.3, 0.4) is 0 Å². The Hall–Kier alpha value is -3.33. The second-order valence-electron chi connectivity index (χ2n) is 5.83.